The molecule has 0 aromatic carbocycles. The van der Waals surface area contributed by atoms with Crippen molar-refractivity contribution >= 4 is 0 Å². The van der Waals surface area contributed by atoms with Crippen LogP contribution in [-0.2, 0) is 0 Å². The zero-order chi connectivity index (χ0) is 6.85. The second-order valence-corrected chi connectivity index (χ2v) is 3.02. The van der Waals surface area contributed by atoms with Crippen LogP contribution in [0.2, 0.25) is 0 Å². The lowest BCUT2D eigenvalue weighted by Crippen LogP contribution is -2.00. The maximum absolute atomic E-state index is 5.38. The summed E-state index contributed by atoms with van der Waals surface area (Å²) in [6.45, 7) is 7.01. The molecule has 1 nitrogen and oxygen atoms in total. The molecule has 2 N–H and O–H groups in total. The molecule has 0 aromatic rings. The van der Waals surface area contributed by atoms with E-state index in [-0.39, 0.29) is 0 Å². The molecule has 0 saturated heterocycles. The molecule has 1 aliphatic rings. The first-order chi connectivity index (χ1) is 4.25. The fourth-order valence-electron chi connectivity index (χ4n) is 1.26. The number of nitrogens with two attached hydrogens (primary N) is 1. The summed E-state index contributed by atoms with van der Waals surface area (Å²) in [4.78, 5) is 0. The van der Waals surface area contributed by atoms with E-state index in [2.05, 4.69) is 13.5 Å². The molecule has 1 fully saturated rings. The average molecular weight is 125 g/mol. The third kappa shape index (κ3) is 1.55. The van der Waals surface area contributed by atoms with E-state index in [0.29, 0.717) is 0 Å². The molecule has 0 spiro atoms. The van der Waals surface area contributed by atoms with Crippen LogP contribution in [0.3, 0.4) is 0 Å². The van der Waals surface area contributed by atoms with E-state index in [1.54, 1.807) is 0 Å². The van der Waals surface area contributed by atoms with Crippen LogP contribution < -0.4 is 5.73 Å². The predicted molar refractivity (Wildman–Crippen MR) is 40.1 cm³/mol. The topological polar surface area (TPSA) is 26.0 Å². The van der Waals surface area contributed by atoms with Crippen molar-refractivity contribution in [3.63, 3.8) is 0 Å². The van der Waals surface area contributed by atoms with E-state index in [1.165, 1.54) is 12.0 Å². The Morgan fingerprint density at radius 2 is 2.33 bits per heavy atom. The maximum Gasteiger partial charge on any atom is -0.00399 e. The standard InChI is InChI=1S/C8H15N/c1-6(3-4-9)8-5-7(8)2/h7-8H,1,3-5,9H2,2H3. The first kappa shape index (κ1) is 6.81. The molecular formula is C8H15N. The third-order valence-corrected chi connectivity index (χ3v) is 2.10. The number of hydrogen-bond acceptors (Lipinski definition) is 1. The summed E-state index contributed by atoms with van der Waals surface area (Å²) in [7, 11) is 0. The SMILES string of the molecule is C=C(CCN)C1CC1C. The van der Waals surface area contributed by atoms with E-state index >= 15 is 0 Å². The van der Waals surface area contributed by atoms with Gasteiger partial charge in [0.05, 0.1) is 0 Å². The Hall–Kier alpha value is -0.300. The highest BCUT2D eigenvalue weighted by Crippen LogP contribution is 2.43. The molecular weight excluding hydrogens is 110 g/mol. The summed E-state index contributed by atoms with van der Waals surface area (Å²) < 4.78 is 0. The normalized spacial score (nSPS) is 32.2. The third-order valence-electron chi connectivity index (χ3n) is 2.10. The molecule has 9 heavy (non-hydrogen) atoms. The van der Waals surface area contributed by atoms with Gasteiger partial charge < -0.3 is 5.73 Å². The van der Waals surface area contributed by atoms with Gasteiger partial charge in [-0.1, -0.05) is 19.1 Å². The molecule has 52 valence electrons. The van der Waals surface area contributed by atoms with Gasteiger partial charge in [0.1, 0.15) is 0 Å². The molecule has 0 radical (unpaired) electrons. The van der Waals surface area contributed by atoms with E-state index < -0.39 is 0 Å². The Labute approximate surface area is 56.9 Å². The van der Waals surface area contributed by atoms with Crippen LogP contribution in [0.5, 0.6) is 0 Å². The minimum Gasteiger partial charge on any atom is -0.330 e. The first-order valence-electron chi connectivity index (χ1n) is 3.63. The van der Waals surface area contributed by atoms with Crippen molar-refractivity contribution in [1.82, 2.24) is 0 Å². The summed E-state index contributed by atoms with van der Waals surface area (Å²) in [6.07, 6.45) is 2.37. The van der Waals surface area contributed by atoms with Gasteiger partial charge in [-0.2, -0.15) is 0 Å². The van der Waals surface area contributed by atoms with Crippen molar-refractivity contribution in [2.24, 2.45) is 17.6 Å². The maximum atomic E-state index is 5.38. The lowest BCUT2D eigenvalue weighted by atomic mass is 10.1. The largest absolute Gasteiger partial charge is 0.330 e. The van der Waals surface area contributed by atoms with Crippen LogP contribution in [0.25, 0.3) is 0 Å². The van der Waals surface area contributed by atoms with Crippen LogP contribution in [0, 0.1) is 11.8 Å². The van der Waals surface area contributed by atoms with E-state index in [9.17, 15) is 0 Å². The quantitative estimate of drug-likeness (QED) is 0.569. The van der Waals surface area contributed by atoms with Crippen LogP contribution in [0.1, 0.15) is 19.8 Å². The second-order valence-electron chi connectivity index (χ2n) is 3.02. The molecule has 1 aliphatic carbocycles. The lowest BCUT2D eigenvalue weighted by Gasteiger charge is -1.98. The molecule has 2 unspecified atom stereocenters. The predicted octanol–water partition coefficient (Wildman–Crippen LogP) is 1.55. The molecule has 1 heteroatoms. The monoisotopic (exact) mass is 125 g/mol. The van der Waals surface area contributed by atoms with Crippen molar-refractivity contribution < 1.29 is 0 Å². The first-order valence-corrected chi connectivity index (χ1v) is 3.63. The van der Waals surface area contributed by atoms with Crippen LogP contribution in [0.15, 0.2) is 12.2 Å². The zero-order valence-corrected chi connectivity index (χ0v) is 6.06. The molecule has 0 aromatic heterocycles. The number of rotatable bonds is 3. The molecule has 1 saturated carbocycles. The van der Waals surface area contributed by atoms with Gasteiger partial charge in [-0.15, -0.1) is 0 Å². The highest BCUT2D eigenvalue weighted by atomic mass is 14.5. The highest BCUT2D eigenvalue weighted by Gasteiger charge is 2.33. The Bertz CT molecular complexity index is 118. The summed E-state index contributed by atoms with van der Waals surface area (Å²) in [5.41, 5.74) is 6.75. The molecule has 1 rings (SSSR count). The van der Waals surface area contributed by atoms with Crippen molar-refractivity contribution in [3.8, 4) is 0 Å². The lowest BCUT2D eigenvalue weighted by molar-refractivity contribution is 0.795. The zero-order valence-electron chi connectivity index (χ0n) is 6.06. The van der Waals surface area contributed by atoms with Crippen LogP contribution >= 0.6 is 0 Å². The van der Waals surface area contributed by atoms with Gasteiger partial charge in [0.2, 0.25) is 0 Å². The van der Waals surface area contributed by atoms with Crippen molar-refractivity contribution in [3.05, 3.63) is 12.2 Å². The van der Waals surface area contributed by atoms with Gasteiger partial charge in [0.15, 0.2) is 0 Å². The van der Waals surface area contributed by atoms with Crippen molar-refractivity contribution in [2.45, 2.75) is 19.8 Å². The Kier molecular flexibility index (Phi) is 1.91. The van der Waals surface area contributed by atoms with Gasteiger partial charge in [-0.3, -0.25) is 0 Å². The Balaban J connectivity index is 2.20. The van der Waals surface area contributed by atoms with Gasteiger partial charge in [0, 0.05) is 0 Å². The van der Waals surface area contributed by atoms with E-state index in [4.69, 9.17) is 5.73 Å². The van der Waals surface area contributed by atoms with Crippen molar-refractivity contribution in [2.75, 3.05) is 6.54 Å². The second kappa shape index (κ2) is 2.53. The van der Waals surface area contributed by atoms with Crippen LogP contribution in [-0.4, -0.2) is 6.54 Å². The van der Waals surface area contributed by atoms with E-state index in [1.807, 2.05) is 0 Å². The Morgan fingerprint density at radius 1 is 1.78 bits per heavy atom. The smallest absolute Gasteiger partial charge is 0.00399 e. The Morgan fingerprint density at radius 3 is 2.67 bits per heavy atom. The summed E-state index contributed by atoms with van der Waals surface area (Å²) >= 11 is 0. The highest BCUT2D eigenvalue weighted by molar-refractivity contribution is 5.10. The van der Waals surface area contributed by atoms with Crippen LogP contribution in [0.4, 0.5) is 0 Å². The number of hydrogen-bond donors (Lipinski definition) is 1. The summed E-state index contributed by atoms with van der Waals surface area (Å²) in [5.74, 6) is 1.71. The molecule has 0 bridgehead atoms. The molecule has 0 amide bonds. The summed E-state index contributed by atoms with van der Waals surface area (Å²) in [5, 5.41) is 0. The molecule has 0 heterocycles. The minimum atomic E-state index is 0.766. The fraction of sp³-hybridized carbons (Fsp3) is 0.750. The minimum absolute atomic E-state index is 0.766. The molecule has 0 aliphatic heterocycles. The van der Waals surface area contributed by atoms with Gasteiger partial charge in [-0.25, -0.2) is 0 Å². The van der Waals surface area contributed by atoms with Gasteiger partial charge >= 0.3 is 0 Å². The van der Waals surface area contributed by atoms with Crippen molar-refractivity contribution in [1.29, 1.82) is 0 Å². The van der Waals surface area contributed by atoms with E-state index in [0.717, 1.165) is 24.8 Å². The summed E-state index contributed by atoms with van der Waals surface area (Å²) in [6, 6.07) is 0. The average Bonchev–Trinajstić information content (AvgIpc) is 2.47. The van der Waals surface area contributed by atoms with Gasteiger partial charge in [0.25, 0.3) is 0 Å². The molecule has 2 atom stereocenters. The van der Waals surface area contributed by atoms with Gasteiger partial charge in [-0.05, 0) is 31.2 Å². The fourth-order valence-corrected chi connectivity index (χ4v) is 1.26.